The summed E-state index contributed by atoms with van der Waals surface area (Å²) >= 11 is 3.44. The first kappa shape index (κ1) is 15.1. The number of hydrogen-bond acceptors (Lipinski definition) is 2. The average Bonchev–Trinajstić information content (AvgIpc) is 2.40. The fourth-order valence-electron chi connectivity index (χ4n) is 1.72. The zero-order valence-corrected chi connectivity index (χ0v) is 12.0. The van der Waals surface area contributed by atoms with Gasteiger partial charge in [-0.05, 0) is 32.8 Å². The largest absolute Gasteiger partial charge is 0.490 e. The van der Waals surface area contributed by atoms with E-state index in [2.05, 4.69) is 20.7 Å². The van der Waals surface area contributed by atoms with E-state index in [1.165, 1.54) is 0 Å². The Labute approximate surface area is 122 Å². The van der Waals surface area contributed by atoms with E-state index < -0.39 is 12.8 Å². The van der Waals surface area contributed by atoms with Crippen LogP contribution in [0.4, 0.5) is 13.2 Å². The number of benzene rings is 2. The van der Waals surface area contributed by atoms with Gasteiger partial charge in [0.2, 0.25) is 0 Å². The van der Waals surface area contributed by atoms with Crippen LogP contribution in [-0.2, 0) is 4.74 Å². The lowest BCUT2D eigenvalue weighted by molar-refractivity contribution is -0.175. The first-order chi connectivity index (χ1) is 9.47. The topological polar surface area (TPSA) is 18.5 Å². The maximum Gasteiger partial charge on any atom is 0.411 e. The third-order valence-corrected chi connectivity index (χ3v) is 3.40. The molecule has 0 spiro atoms. The fraction of sp³-hybridized carbons (Fsp3) is 0.286. The summed E-state index contributed by atoms with van der Waals surface area (Å²) in [5.74, 6) is 0.583. The van der Waals surface area contributed by atoms with Crippen molar-refractivity contribution in [1.29, 1.82) is 0 Å². The molecule has 0 heterocycles. The summed E-state index contributed by atoms with van der Waals surface area (Å²) < 4.78 is 46.3. The molecular weight excluding hydrogens is 337 g/mol. The average molecular weight is 349 g/mol. The van der Waals surface area contributed by atoms with E-state index in [1.54, 1.807) is 6.07 Å². The third kappa shape index (κ3) is 4.11. The van der Waals surface area contributed by atoms with Gasteiger partial charge in [0.1, 0.15) is 19.0 Å². The molecule has 0 aliphatic carbocycles. The molecule has 6 heteroatoms. The molecule has 0 atom stereocenters. The third-order valence-electron chi connectivity index (χ3n) is 2.58. The van der Waals surface area contributed by atoms with E-state index in [4.69, 9.17) is 4.74 Å². The molecule has 0 fully saturated rings. The van der Waals surface area contributed by atoms with Crippen molar-refractivity contribution >= 4 is 26.7 Å². The summed E-state index contributed by atoms with van der Waals surface area (Å²) in [4.78, 5) is 0. The highest BCUT2D eigenvalue weighted by Gasteiger charge is 2.27. The molecule has 2 aromatic rings. The Kier molecular flexibility index (Phi) is 4.88. The van der Waals surface area contributed by atoms with E-state index in [1.807, 2.05) is 30.3 Å². The quantitative estimate of drug-likeness (QED) is 0.737. The predicted octanol–water partition coefficient (Wildman–Crippen LogP) is 4.56. The van der Waals surface area contributed by atoms with Gasteiger partial charge in [-0.15, -0.1) is 0 Å². The van der Waals surface area contributed by atoms with E-state index in [0.717, 1.165) is 15.2 Å². The molecule has 0 N–H and O–H groups in total. The normalized spacial score (nSPS) is 11.8. The molecule has 0 unspecified atom stereocenters. The molecule has 0 radical (unpaired) electrons. The van der Waals surface area contributed by atoms with Gasteiger partial charge in [0.15, 0.2) is 0 Å². The molecule has 0 saturated carbocycles. The first-order valence-corrected chi connectivity index (χ1v) is 6.71. The van der Waals surface area contributed by atoms with E-state index >= 15 is 0 Å². The lowest BCUT2D eigenvalue weighted by Crippen LogP contribution is -2.19. The highest BCUT2D eigenvalue weighted by Crippen LogP contribution is 2.32. The van der Waals surface area contributed by atoms with Gasteiger partial charge in [-0.25, -0.2) is 0 Å². The highest BCUT2D eigenvalue weighted by molar-refractivity contribution is 9.10. The molecule has 2 nitrogen and oxygen atoms in total. The molecule has 0 saturated heterocycles. The predicted molar refractivity (Wildman–Crippen MR) is 74.0 cm³/mol. The second-order valence-electron chi connectivity index (χ2n) is 4.12. The minimum Gasteiger partial charge on any atom is -0.490 e. The molecule has 2 rings (SSSR count). The Morgan fingerprint density at radius 2 is 1.75 bits per heavy atom. The standard InChI is InChI=1S/C14H12BrF3O2/c15-13-11-4-2-1-3-10(11)5-6-12(13)20-8-7-19-9-14(16,17)18/h1-6H,7-9H2. The second-order valence-corrected chi connectivity index (χ2v) is 4.91. The Morgan fingerprint density at radius 1 is 1.00 bits per heavy atom. The Hall–Kier alpha value is -1.27. The van der Waals surface area contributed by atoms with Crippen LogP contribution in [0.25, 0.3) is 10.8 Å². The lowest BCUT2D eigenvalue weighted by atomic mass is 10.1. The summed E-state index contributed by atoms with van der Waals surface area (Å²) in [6.45, 7) is -1.30. The number of fused-ring (bicyclic) bond motifs is 1. The minimum atomic E-state index is -4.30. The van der Waals surface area contributed by atoms with Gasteiger partial charge >= 0.3 is 6.18 Å². The number of ether oxygens (including phenoxy) is 2. The van der Waals surface area contributed by atoms with Gasteiger partial charge in [0.25, 0.3) is 0 Å². The zero-order valence-electron chi connectivity index (χ0n) is 10.4. The number of rotatable bonds is 5. The van der Waals surface area contributed by atoms with Crippen LogP contribution in [-0.4, -0.2) is 26.0 Å². The maximum absolute atomic E-state index is 11.9. The fourth-order valence-corrected chi connectivity index (χ4v) is 2.33. The van der Waals surface area contributed by atoms with Crippen LogP contribution in [0.2, 0.25) is 0 Å². The van der Waals surface area contributed by atoms with Crippen molar-refractivity contribution in [1.82, 2.24) is 0 Å². The van der Waals surface area contributed by atoms with E-state index in [0.29, 0.717) is 5.75 Å². The van der Waals surface area contributed by atoms with E-state index in [9.17, 15) is 13.2 Å². The summed E-state index contributed by atoms with van der Waals surface area (Å²) in [5, 5.41) is 2.04. The minimum absolute atomic E-state index is 0.0625. The van der Waals surface area contributed by atoms with Crippen molar-refractivity contribution < 1.29 is 22.6 Å². The second kappa shape index (κ2) is 6.45. The maximum atomic E-state index is 11.9. The van der Waals surface area contributed by atoms with Crippen molar-refractivity contribution in [3.63, 3.8) is 0 Å². The van der Waals surface area contributed by atoms with Crippen molar-refractivity contribution in [3.8, 4) is 5.75 Å². The molecule has 0 aromatic heterocycles. The Balaban J connectivity index is 1.92. The summed E-state index contributed by atoms with van der Waals surface area (Å²) in [6, 6.07) is 11.4. The monoisotopic (exact) mass is 348 g/mol. The van der Waals surface area contributed by atoms with Crippen molar-refractivity contribution in [2.24, 2.45) is 0 Å². The van der Waals surface area contributed by atoms with E-state index in [-0.39, 0.29) is 13.2 Å². The van der Waals surface area contributed by atoms with Crippen LogP contribution in [0, 0.1) is 0 Å². The lowest BCUT2D eigenvalue weighted by Gasteiger charge is -2.11. The first-order valence-electron chi connectivity index (χ1n) is 5.92. The van der Waals surface area contributed by atoms with Crippen LogP contribution in [0.1, 0.15) is 0 Å². The van der Waals surface area contributed by atoms with Crippen LogP contribution >= 0.6 is 15.9 Å². The molecule has 20 heavy (non-hydrogen) atoms. The van der Waals surface area contributed by atoms with Gasteiger partial charge < -0.3 is 9.47 Å². The van der Waals surface area contributed by atoms with Crippen LogP contribution < -0.4 is 4.74 Å². The SMILES string of the molecule is FC(F)(F)COCCOc1ccc2ccccc2c1Br. The summed E-state index contributed by atoms with van der Waals surface area (Å²) in [6.07, 6.45) is -4.30. The number of halogens is 4. The van der Waals surface area contributed by atoms with Crippen molar-refractivity contribution in [2.75, 3.05) is 19.8 Å². The molecule has 2 aromatic carbocycles. The summed E-state index contributed by atoms with van der Waals surface area (Å²) in [7, 11) is 0. The Bertz CT molecular complexity index is 584. The highest BCUT2D eigenvalue weighted by atomic mass is 79.9. The number of alkyl halides is 3. The molecule has 0 bridgehead atoms. The van der Waals surface area contributed by atoms with Crippen molar-refractivity contribution in [2.45, 2.75) is 6.18 Å². The van der Waals surface area contributed by atoms with Gasteiger partial charge in [0.05, 0.1) is 11.1 Å². The molecule has 0 aliphatic rings. The van der Waals surface area contributed by atoms with Crippen LogP contribution in [0.15, 0.2) is 40.9 Å². The molecular formula is C14H12BrF3O2. The van der Waals surface area contributed by atoms with Gasteiger partial charge in [0, 0.05) is 0 Å². The van der Waals surface area contributed by atoms with Gasteiger partial charge in [-0.3, -0.25) is 0 Å². The van der Waals surface area contributed by atoms with Gasteiger partial charge in [-0.2, -0.15) is 13.2 Å². The molecule has 0 amide bonds. The van der Waals surface area contributed by atoms with Crippen LogP contribution in [0.5, 0.6) is 5.75 Å². The summed E-state index contributed by atoms with van der Waals surface area (Å²) in [5.41, 5.74) is 0. The number of hydrogen-bond donors (Lipinski definition) is 0. The van der Waals surface area contributed by atoms with Gasteiger partial charge in [-0.1, -0.05) is 30.3 Å². The van der Waals surface area contributed by atoms with Crippen LogP contribution in [0.3, 0.4) is 0 Å². The smallest absolute Gasteiger partial charge is 0.411 e. The molecule has 108 valence electrons. The zero-order chi connectivity index (χ0) is 14.6. The Morgan fingerprint density at radius 3 is 2.50 bits per heavy atom. The molecule has 0 aliphatic heterocycles. The van der Waals surface area contributed by atoms with Crippen molar-refractivity contribution in [3.05, 3.63) is 40.9 Å².